The highest BCUT2D eigenvalue weighted by molar-refractivity contribution is 5.85. The third kappa shape index (κ3) is 6.85. The Kier molecular flexibility index (Phi) is 6.96. The second-order valence-corrected chi connectivity index (χ2v) is 4.62. The van der Waals surface area contributed by atoms with Crippen LogP contribution in [0, 0.1) is 5.92 Å². The summed E-state index contributed by atoms with van der Waals surface area (Å²) in [6, 6.07) is -1.90. The third-order valence-electron chi connectivity index (χ3n) is 2.36. The molecular formula is C11H19N2O5-. The van der Waals surface area contributed by atoms with Gasteiger partial charge in [0.25, 0.3) is 5.91 Å². The van der Waals surface area contributed by atoms with Crippen molar-refractivity contribution in [2.75, 3.05) is 0 Å². The molecule has 0 aromatic heterocycles. The third-order valence-corrected chi connectivity index (χ3v) is 2.36. The van der Waals surface area contributed by atoms with Crippen LogP contribution >= 0.6 is 0 Å². The van der Waals surface area contributed by atoms with Crippen molar-refractivity contribution in [1.29, 1.82) is 0 Å². The Labute approximate surface area is 105 Å². The standard InChI is InChI=1S/C11H20N2O5/c1-6(2)5-7(12)10(16)13-8(11(17)18)3-4-9(14)15/h6-8H,3-5,12H2,1-2H3,(H,13,16)(H,14,15)(H,17,18)/p-1/t7-,8-/m0/s1. The van der Waals surface area contributed by atoms with Crippen LogP contribution in [0.15, 0.2) is 0 Å². The normalized spacial score (nSPS) is 14.0. The Hall–Kier alpha value is -1.63. The molecule has 2 atom stereocenters. The van der Waals surface area contributed by atoms with Crippen molar-refractivity contribution in [1.82, 2.24) is 5.32 Å². The lowest BCUT2D eigenvalue weighted by Gasteiger charge is -2.21. The lowest BCUT2D eigenvalue weighted by Crippen LogP contribution is -2.69. The first-order valence-corrected chi connectivity index (χ1v) is 5.78. The maximum Gasteiger partial charge on any atom is 0.278 e. The van der Waals surface area contributed by atoms with Gasteiger partial charge >= 0.3 is 0 Å². The number of nitrogens with one attached hydrogen (secondary N) is 1. The minimum atomic E-state index is -1.51. The summed E-state index contributed by atoms with van der Waals surface area (Å²) in [6.07, 6.45) is -0.193. The summed E-state index contributed by atoms with van der Waals surface area (Å²) in [4.78, 5) is 32.6. The molecule has 0 aliphatic rings. The summed E-state index contributed by atoms with van der Waals surface area (Å²) < 4.78 is 0. The molecular weight excluding hydrogens is 240 g/mol. The lowest BCUT2D eigenvalue weighted by atomic mass is 10.0. The number of hydrogen-bond donors (Lipinski definition) is 2. The highest BCUT2D eigenvalue weighted by atomic mass is 16.4. The van der Waals surface area contributed by atoms with Gasteiger partial charge in [0.15, 0.2) is 6.04 Å². The fraction of sp³-hybridized carbons (Fsp3) is 0.727. The summed E-state index contributed by atoms with van der Waals surface area (Å²) in [5, 5.41) is 23.2. The number of hydrogen-bond acceptors (Lipinski definition) is 5. The molecule has 0 bridgehead atoms. The molecule has 0 heterocycles. The molecule has 0 fully saturated rings. The first-order valence-electron chi connectivity index (χ1n) is 5.78. The van der Waals surface area contributed by atoms with E-state index in [4.69, 9.17) is 0 Å². The van der Waals surface area contributed by atoms with Crippen molar-refractivity contribution in [2.24, 2.45) is 5.92 Å². The summed E-state index contributed by atoms with van der Waals surface area (Å²) in [7, 11) is 0. The van der Waals surface area contributed by atoms with Crippen LogP contribution in [0.25, 0.3) is 0 Å². The second-order valence-electron chi connectivity index (χ2n) is 4.62. The van der Waals surface area contributed by atoms with E-state index in [2.05, 4.69) is 11.1 Å². The average molecular weight is 259 g/mol. The topological polar surface area (TPSA) is 137 Å². The minimum absolute atomic E-state index is 0.253. The molecule has 0 spiro atoms. The van der Waals surface area contributed by atoms with Gasteiger partial charge in [-0.2, -0.15) is 0 Å². The zero-order valence-electron chi connectivity index (χ0n) is 10.6. The number of carboxylic acids is 2. The molecule has 0 saturated carbocycles. The highest BCUT2D eigenvalue weighted by Crippen LogP contribution is 2.03. The molecule has 0 aromatic carbocycles. The van der Waals surface area contributed by atoms with Crippen molar-refractivity contribution >= 4 is 17.8 Å². The maximum absolute atomic E-state index is 11.6. The van der Waals surface area contributed by atoms with Crippen molar-refractivity contribution < 1.29 is 30.3 Å². The van der Waals surface area contributed by atoms with Gasteiger partial charge in [-0.3, -0.25) is 4.79 Å². The van der Waals surface area contributed by atoms with Crippen LogP contribution in [0.5, 0.6) is 0 Å². The fourth-order valence-electron chi connectivity index (χ4n) is 1.48. The molecule has 0 unspecified atom stereocenters. The number of quaternary nitrogens is 1. The number of carboxylic acid groups (broad SMARTS) is 2. The summed E-state index contributed by atoms with van der Waals surface area (Å²) in [5.41, 5.74) is 3.63. The molecule has 4 N–H and O–H groups in total. The van der Waals surface area contributed by atoms with Gasteiger partial charge in [-0.1, -0.05) is 13.8 Å². The molecule has 7 nitrogen and oxygen atoms in total. The van der Waals surface area contributed by atoms with E-state index in [1.807, 2.05) is 13.8 Å². The molecule has 1 amide bonds. The van der Waals surface area contributed by atoms with E-state index in [9.17, 15) is 24.6 Å². The van der Waals surface area contributed by atoms with Gasteiger partial charge in [-0.25, -0.2) is 0 Å². The molecule has 7 heteroatoms. The van der Waals surface area contributed by atoms with E-state index < -0.39 is 36.4 Å². The molecule has 0 rings (SSSR count). The SMILES string of the molecule is CC(C)C[C@H]([NH3+])C(=O)N[C@@H](CCC(=O)[O-])C(=O)[O-]. The monoisotopic (exact) mass is 259 g/mol. The van der Waals surface area contributed by atoms with Gasteiger partial charge in [-0.05, 0) is 18.8 Å². The smallest absolute Gasteiger partial charge is 0.278 e. The highest BCUT2D eigenvalue weighted by Gasteiger charge is 2.22. The largest absolute Gasteiger partial charge is 0.550 e. The molecule has 0 saturated heterocycles. The Morgan fingerprint density at radius 3 is 2.17 bits per heavy atom. The van der Waals surface area contributed by atoms with E-state index in [0.717, 1.165) is 0 Å². The predicted octanol–water partition coefficient (Wildman–Crippen LogP) is -3.59. The lowest BCUT2D eigenvalue weighted by molar-refractivity contribution is -0.406. The second kappa shape index (κ2) is 7.65. The van der Waals surface area contributed by atoms with E-state index >= 15 is 0 Å². The zero-order chi connectivity index (χ0) is 14.3. The van der Waals surface area contributed by atoms with Crippen molar-refractivity contribution in [3.63, 3.8) is 0 Å². The first-order chi connectivity index (χ1) is 8.23. The van der Waals surface area contributed by atoms with Crippen LogP contribution in [0.4, 0.5) is 0 Å². The quantitative estimate of drug-likeness (QED) is 0.464. The molecule has 0 radical (unpaired) electrons. The number of amides is 1. The maximum atomic E-state index is 11.6. The van der Waals surface area contributed by atoms with Crippen LogP contribution in [0.1, 0.15) is 33.1 Å². The minimum Gasteiger partial charge on any atom is -0.550 e. The Bertz CT molecular complexity index is 317. The van der Waals surface area contributed by atoms with Crippen LogP contribution in [-0.4, -0.2) is 29.9 Å². The summed E-state index contributed by atoms with van der Waals surface area (Å²) in [6.45, 7) is 3.83. The van der Waals surface area contributed by atoms with Gasteiger partial charge in [-0.15, -0.1) is 0 Å². The van der Waals surface area contributed by atoms with Gasteiger partial charge < -0.3 is 30.9 Å². The molecule has 0 aliphatic heterocycles. The fourth-order valence-corrected chi connectivity index (χ4v) is 1.48. The molecule has 18 heavy (non-hydrogen) atoms. The number of aliphatic carboxylic acids is 2. The molecule has 0 aromatic rings. The van der Waals surface area contributed by atoms with E-state index in [1.54, 1.807) is 0 Å². The Balaban J connectivity index is 4.35. The van der Waals surface area contributed by atoms with Crippen LogP contribution in [0.2, 0.25) is 0 Å². The zero-order valence-corrected chi connectivity index (χ0v) is 10.6. The molecule has 0 aliphatic carbocycles. The Morgan fingerprint density at radius 2 is 1.78 bits per heavy atom. The molecule has 104 valence electrons. The predicted molar refractivity (Wildman–Crippen MR) is 57.3 cm³/mol. The van der Waals surface area contributed by atoms with Gasteiger partial charge in [0, 0.05) is 12.4 Å². The van der Waals surface area contributed by atoms with Gasteiger partial charge in [0.05, 0.1) is 12.0 Å². The van der Waals surface area contributed by atoms with Crippen LogP contribution in [0.3, 0.4) is 0 Å². The summed E-state index contributed by atoms with van der Waals surface area (Å²) in [5.74, 6) is -3.15. The van der Waals surface area contributed by atoms with E-state index in [0.29, 0.717) is 6.42 Å². The number of rotatable bonds is 8. The van der Waals surface area contributed by atoms with Crippen molar-refractivity contribution in [2.45, 2.75) is 45.2 Å². The van der Waals surface area contributed by atoms with Crippen LogP contribution < -0.4 is 21.3 Å². The van der Waals surface area contributed by atoms with E-state index in [1.165, 1.54) is 0 Å². The average Bonchev–Trinajstić information content (AvgIpc) is 2.21. The van der Waals surface area contributed by atoms with Crippen molar-refractivity contribution in [3.8, 4) is 0 Å². The van der Waals surface area contributed by atoms with Crippen molar-refractivity contribution in [3.05, 3.63) is 0 Å². The number of carbonyl (C=O) groups excluding carboxylic acids is 3. The Morgan fingerprint density at radius 1 is 1.22 bits per heavy atom. The number of carbonyl (C=O) groups is 3. The van der Waals surface area contributed by atoms with Gasteiger partial charge in [0.2, 0.25) is 0 Å². The first kappa shape index (κ1) is 16.4. The van der Waals surface area contributed by atoms with Gasteiger partial charge in [0.1, 0.15) is 0 Å². The van der Waals surface area contributed by atoms with E-state index in [-0.39, 0.29) is 12.3 Å². The van der Waals surface area contributed by atoms with Crippen LogP contribution in [-0.2, 0) is 14.4 Å². The summed E-state index contributed by atoms with van der Waals surface area (Å²) >= 11 is 0.